The molecule has 0 saturated carbocycles. The Balaban J connectivity index is 1.49. The second-order valence-electron chi connectivity index (χ2n) is 7.90. The van der Waals surface area contributed by atoms with Gasteiger partial charge in [-0.1, -0.05) is 35.9 Å². The maximum Gasteiger partial charge on any atom is 0.329 e. The van der Waals surface area contributed by atoms with Gasteiger partial charge in [0.05, 0.1) is 6.21 Å². The molecule has 0 atom stereocenters. The fraction of sp³-hybridized carbons (Fsp3) is 0.154. The van der Waals surface area contributed by atoms with Crippen LogP contribution in [0.25, 0.3) is 0 Å². The van der Waals surface area contributed by atoms with E-state index in [1.165, 1.54) is 6.21 Å². The fourth-order valence-electron chi connectivity index (χ4n) is 3.15. The van der Waals surface area contributed by atoms with Gasteiger partial charge in [-0.05, 0) is 79.4 Å². The minimum atomic E-state index is -0.937. The third kappa shape index (κ3) is 7.97. The average molecular weight is 493 g/mol. The van der Waals surface area contributed by atoms with E-state index in [1.54, 1.807) is 42.5 Å². The predicted molar refractivity (Wildman–Crippen MR) is 137 cm³/mol. The number of nitrogens with zero attached hydrogens (tertiary/aromatic N) is 1. The van der Waals surface area contributed by atoms with Gasteiger partial charge in [0.1, 0.15) is 5.75 Å². The Bertz CT molecular complexity index is 1270. The topological polar surface area (TPSA) is 109 Å². The Morgan fingerprint density at radius 2 is 1.63 bits per heavy atom. The van der Waals surface area contributed by atoms with Crippen LogP contribution >= 0.6 is 11.6 Å². The number of carbonyl (C=O) groups excluding carboxylic acids is 3. The molecule has 3 amide bonds. The van der Waals surface area contributed by atoms with Crippen LogP contribution in [-0.2, 0) is 14.4 Å². The van der Waals surface area contributed by atoms with Crippen LogP contribution in [0.4, 0.5) is 11.4 Å². The fourth-order valence-corrected chi connectivity index (χ4v) is 3.33. The third-order valence-electron chi connectivity index (χ3n) is 4.75. The van der Waals surface area contributed by atoms with Crippen molar-refractivity contribution in [2.45, 2.75) is 20.8 Å². The smallest absolute Gasteiger partial charge is 0.329 e. The Kier molecular flexibility index (Phi) is 8.58. The summed E-state index contributed by atoms with van der Waals surface area (Å²) in [5.74, 6) is -1.66. The van der Waals surface area contributed by atoms with Crippen molar-refractivity contribution in [1.82, 2.24) is 5.43 Å². The number of nitrogens with one attached hydrogen (secondary N) is 3. The molecule has 0 spiro atoms. The second-order valence-corrected chi connectivity index (χ2v) is 8.31. The van der Waals surface area contributed by atoms with Gasteiger partial charge in [-0.25, -0.2) is 5.43 Å². The van der Waals surface area contributed by atoms with E-state index in [1.807, 2.05) is 39.0 Å². The highest BCUT2D eigenvalue weighted by Gasteiger charge is 2.13. The number of anilines is 2. The highest BCUT2D eigenvalue weighted by Crippen LogP contribution is 2.20. The maximum atomic E-state index is 12.2. The maximum absolute atomic E-state index is 12.2. The standard InChI is InChI=1S/C26H25ClN4O4/c1-16-9-17(2)11-21(10-16)29-24(32)15-35-22-6-4-5-19(12-22)14-28-31-26(34)25(33)30-20-8-7-18(3)23(27)13-20/h4-14H,15H2,1-3H3,(H,29,32)(H,30,33)(H,31,34)/b28-14-. The molecule has 0 radical (unpaired) electrons. The second kappa shape index (κ2) is 11.8. The number of benzene rings is 3. The predicted octanol–water partition coefficient (Wildman–Crippen LogP) is 4.37. The van der Waals surface area contributed by atoms with Gasteiger partial charge in [-0.3, -0.25) is 14.4 Å². The third-order valence-corrected chi connectivity index (χ3v) is 5.16. The van der Waals surface area contributed by atoms with Crippen LogP contribution < -0.4 is 20.8 Å². The van der Waals surface area contributed by atoms with Crippen LogP contribution in [0.3, 0.4) is 0 Å². The molecular formula is C26H25ClN4O4. The van der Waals surface area contributed by atoms with E-state index >= 15 is 0 Å². The first-order chi connectivity index (χ1) is 16.7. The largest absolute Gasteiger partial charge is 0.484 e. The first-order valence-electron chi connectivity index (χ1n) is 10.7. The molecule has 3 rings (SSSR count). The summed E-state index contributed by atoms with van der Waals surface area (Å²) >= 11 is 6.02. The van der Waals surface area contributed by atoms with Crippen LogP contribution in [-0.4, -0.2) is 30.5 Å². The minimum absolute atomic E-state index is 0.173. The van der Waals surface area contributed by atoms with E-state index in [0.717, 1.165) is 16.7 Å². The Morgan fingerprint density at radius 3 is 2.34 bits per heavy atom. The van der Waals surface area contributed by atoms with Crippen molar-refractivity contribution in [3.63, 3.8) is 0 Å². The number of rotatable bonds is 7. The number of hydrazone groups is 1. The summed E-state index contributed by atoms with van der Waals surface area (Å²) in [4.78, 5) is 36.2. The summed E-state index contributed by atoms with van der Waals surface area (Å²) in [5, 5.41) is 9.53. The first kappa shape index (κ1) is 25.5. The number of hydrogen-bond acceptors (Lipinski definition) is 5. The summed E-state index contributed by atoms with van der Waals surface area (Å²) < 4.78 is 5.56. The van der Waals surface area contributed by atoms with Crippen molar-refractivity contribution in [1.29, 1.82) is 0 Å². The molecule has 0 saturated heterocycles. The molecule has 0 fully saturated rings. The van der Waals surface area contributed by atoms with Gasteiger partial charge < -0.3 is 15.4 Å². The van der Waals surface area contributed by atoms with Crippen molar-refractivity contribution >= 4 is 46.9 Å². The summed E-state index contributed by atoms with van der Waals surface area (Å²) in [5.41, 5.74) is 6.83. The summed E-state index contributed by atoms with van der Waals surface area (Å²) in [7, 11) is 0. The molecule has 0 heterocycles. The zero-order chi connectivity index (χ0) is 25.4. The van der Waals surface area contributed by atoms with Gasteiger partial charge in [0.25, 0.3) is 5.91 Å². The molecule has 0 unspecified atom stereocenters. The van der Waals surface area contributed by atoms with Crippen molar-refractivity contribution in [3.05, 3.63) is 87.9 Å². The van der Waals surface area contributed by atoms with Crippen LogP contribution in [0.2, 0.25) is 5.02 Å². The van der Waals surface area contributed by atoms with Gasteiger partial charge in [0, 0.05) is 16.4 Å². The minimum Gasteiger partial charge on any atom is -0.484 e. The van der Waals surface area contributed by atoms with E-state index in [4.69, 9.17) is 16.3 Å². The van der Waals surface area contributed by atoms with E-state index in [-0.39, 0.29) is 12.5 Å². The Morgan fingerprint density at radius 1 is 0.886 bits per heavy atom. The summed E-state index contributed by atoms with van der Waals surface area (Å²) in [6.07, 6.45) is 1.36. The van der Waals surface area contributed by atoms with Gasteiger partial charge >= 0.3 is 11.8 Å². The van der Waals surface area contributed by atoms with Gasteiger partial charge in [0.2, 0.25) is 0 Å². The molecule has 180 valence electrons. The van der Waals surface area contributed by atoms with E-state index in [2.05, 4.69) is 21.2 Å². The van der Waals surface area contributed by atoms with Crippen LogP contribution in [0.15, 0.2) is 65.8 Å². The summed E-state index contributed by atoms with van der Waals surface area (Å²) in [6.45, 7) is 5.58. The van der Waals surface area contributed by atoms with Crippen molar-refractivity contribution in [3.8, 4) is 5.75 Å². The zero-order valence-corrected chi connectivity index (χ0v) is 20.3. The molecule has 35 heavy (non-hydrogen) atoms. The van der Waals surface area contributed by atoms with Crippen LogP contribution in [0.1, 0.15) is 22.3 Å². The Labute approximate surface area is 208 Å². The molecule has 0 aliphatic rings. The number of halogens is 1. The number of hydrogen-bond donors (Lipinski definition) is 3. The lowest BCUT2D eigenvalue weighted by molar-refractivity contribution is -0.136. The Hall–Kier alpha value is -4.17. The number of amides is 3. The molecule has 3 aromatic carbocycles. The van der Waals surface area contributed by atoms with Gasteiger partial charge in [-0.15, -0.1) is 0 Å². The normalized spacial score (nSPS) is 10.6. The number of aryl methyl sites for hydroxylation is 3. The molecular weight excluding hydrogens is 468 g/mol. The van der Waals surface area contributed by atoms with Crippen molar-refractivity contribution in [2.24, 2.45) is 5.10 Å². The summed E-state index contributed by atoms with van der Waals surface area (Å²) in [6, 6.07) is 17.5. The molecule has 9 heteroatoms. The van der Waals surface area contributed by atoms with Crippen molar-refractivity contribution in [2.75, 3.05) is 17.2 Å². The van der Waals surface area contributed by atoms with Gasteiger partial charge in [0.15, 0.2) is 6.61 Å². The molecule has 8 nitrogen and oxygen atoms in total. The highest BCUT2D eigenvalue weighted by molar-refractivity contribution is 6.39. The van der Waals surface area contributed by atoms with Crippen LogP contribution in [0.5, 0.6) is 5.75 Å². The molecule has 0 aliphatic heterocycles. The first-order valence-corrected chi connectivity index (χ1v) is 11.1. The van der Waals surface area contributed by atoms with E-state index < -0.39 is 11.8 Å². The number of carbonyl (C=O) groups is 3. The average Bonchev–Trinajstić information content (AvgIpc) is 2.79. The van der Waals surface area contributed by atoms with Crippen LogP contribution in [0, 0.1) is 20.8 Å². The van der Waals surface area contributed by atoms with E-state index in [0.29, 0.717) is 27.7 Å². The highest BCUT2D eigenvalue weighted by atomic mass is 35.5. The van der Waals surface area contributed by atoms with Crippen molar-refractivity contribution < 1.29 is 19.1 Å². The lowest BCUT2D eigenvalue weighted by Crippen LogP contribution is -2.32. The lowest BCUT2D eigenvalue weighted by atomic mass is 10.1. The lowest BCUT2D eigenvalue weighted by Gasteiger charge is -2.09. The molecule has 0 bridgehead atoms. The van der Waals surface area contributed by atoms with Gasteiger partial charge in [-0.2, -0.15) is 5.10 Å². The number of ether oxygens (including phenoxy) is 1. The molecule has 3 aromatic rings. The molecule has 0 aromatic heterocycles. The zero-order valence-electron chi connectivity index (χ0n) is 19.5. The molecule has 0 aliphatic carbocycles. The van der Waals surface area contributed by atoms with E-state index in [9.17, 15) is 14.4 Å². The quantitative estimate of drug-likeness (QED) is 0.258. The molecule has 3 N–H and O–H groups in total. The monoisotopic (exact) mass is 492 g/mol. The SMILES string of the molecule is Cc1cc(C)cc(NC(=O)COc2cccc(/C=N\NC(=O)C(=O)Nc3ccc(C)c(Cl)c3)c2)c1.